The lowest BCUT2D eigenvalue weighted by atomic mass is 9.86. The van der Waals surface area contributed by atoms with Crippen LogP contribution in [0.1, 0.15) is 89.0 Å². The number of rotatable bonds is 7. The van der Waals surface area contributed by atoms with Crippen LogP contribution < -0.4 is 14.8 Å². The van der Waals surface area contributed by atoms with Gasteiger partial charge in [0.25, 0.3) is 0 Å². The molecule has 5 nitrogen and oxygen atoms in total. The number of carbonyl (C=O) groups excluding carboxylic acids is 2. The lowest BCUT2D eigenvalue weighted by molar-refractivity contribution is -0.122. The summed E-state index contributed by atoms with van der Waals surface area (Å²) in [5, 5.41) is 3.26. The molecule has 0 heterocycles. The maximum Gasteiger partial charge on any atom is 0.220 e. The summed E-state index contributed by atoms with van der Waals surface area (Å²) in [6.45, 7) is 0. The summed E-state index contributed by atoms with van der Waals surface area (Å²) in [6.07, 6.45) is 13.7. The van der Waals surface area contributed by atoms with E-state index in [2.05, 4.69) is 5.32 Å². The number of hydrogen-bond donors (Lipinski definition) is 1. The van der Waals surface area contributed by atoms with Gasteiger partial charge in [0.1, 0.15) is 11.5 Å². The highest BCUT2D eigenvalue weighted by Gasteiger charge is 2.22. The van der Waals surface area contributed by atoms with Crippen molar-refractivity contribution < 1.29 is 19.1 Å². The molecule has 1 atom stereocenters. The van der Waals surface area contributed by atoms with E-state index in [1.54, 1.807) is 20.3 Å². The van der Waals surface area contributed by atoms with Crippen LogP contribution in [0.3, 0.4) is 0 Å². The van der Waals surface area contributed by atoms with Gasteiger partial charge in [0.15, 0.2) is 5.78 Å². The fraction of sp³-hybridized carbons (Fsp3) is 0.607. The molecule has 1 unspecified atom stereocenters. The van der Waals surface area contributed by atoms with Crippen LogP contribution in [-0.4, -0.2) is 36.8 Å². The molecule has 1 aromatic rings. The monoisotopic (exact) mass is 485 g/mol. The molecular formula is C28H39NO4S. The smallest absolute Gasteiger partial charge is 0.220 e. The molecule has 0 aliphatic heterocycles. The van der Waals surface area contributed by atoms with Gasteiger partial charge in [-0.3, -0.25) is 9.59 Å². The minimum absolute atomic E-state index is 0.122. The topological polar surface area (TPSA) is 64.6 Å². The van der Waals surface area contributed by atoms with Gasteiger partial charge >= 0.3 is 0 Å². The fourth-order valence-corrected chi connectivity index (χ4v) is 5.46. The Kier molecular flexibility index (Phi) is 10.6. The first-order chi connectivity index (χ1) is 16.5. The minimum Gasteiger partial charge on any atom is -0.497 e. The normalized spacial score (nSPS) is 20.8. The zero-order valence-electron chi connectivity index (χ0n) is 20.7. The van der Waals surface area contributed by atoms with E-state index in [1.165, 1.54) is 25.7 Å². The van der Waals surface area contributed by atoms with Crippen molar-refractivity contribution >= 4 is 34.3 Å². The van der Waals surface area contributed by atoms with Crippen LogP contribution in [0.15, 0.2) is 24.3 Å². The number of ether oxygens (including phenoxy) is 2. The maximum atomic E-state index is 12.7. The van der Waals surface area contributed by atoms with Crippen molar-refractivity contribution in [3.8, 4) is 11.5 Å². The summed E-state index contributed by atoms with van der Waals surface area (Å²) in [7, 11) is 3.25. The van der Waals surface area contributed by atoms with Crippen LogP contribution >= 0.6 is 12.2 Å². The third kappa shape index (κ3) is 7.93. The van der Waals surface area contributed by atoms with E-state index in [1.807, 2.05) is 18.2 Å². The van der Waals surface area contributed by atoms with Crippen molar-refractivity contribution in [2.75, 3.05) is 14.2 Å². The number of nitrogens with one attached hydrogen (secondary N) is 1. The highest BCUT2D eigenvalue weighted by Crippen LogP contribution is 2.35. The van der Waals surface area contributed by atoms with Crippen LogP contribution in [0.2, 0.25) is 0 Å². The molecule has 6 heteroatoms. The lowest BCUT2D eigenvalue weighted by Crippen LogP contribution is -2.34. The Morgan fingerprint density at radius 2 is 1.76 bits per heavy atom. The molecule has 0 radical (unpaired) electrons. The molecule has 0 saturated heterocycles. The van der Waals surface area contributed by atoms with E-state index in [9.17, 15) is 9.59 Å². The van der Waals surface area contributed by atoms with E-state index >= 15 is 0 Å². The van der Waals surface area contributed by atoms with Crippen LogP contribution in [0.4, 0.5) is 0 Å². The van der Waals surface area contributed by atoms with Gasteiger partial charge in [0, 0.05) is 30.5 Å². The van der Waals surface area contributed by atoms with E-state index in [4.69, 9.17) is 21.7 Å². The van der Waals surface area contributed by atoms with Crippen molar-refractivity contribution in [3.05, 3.63) is 29.8 Å². The third-order valence-corrected chi connectivity index (χ3v) is 7.63. The molecule has 0 spiro atoms. The molecule has 1 saturated carbocycles. The largest absolute Gasteiger partial charge is 0.497 e. The van der Waals surface area contributed by atoms with Crippen molar-refractivity contribution in [1.82, 2.24) is 5.32 Å². The maximum absolute atomic E-state index is 12.7. The van der Waals surface area contributed by atoms with E-state index in [0.717, 1.165) is 54.5 Å². The van der Waals surface area contributed by atoms with Gasteiger partial charge in [-0.05, 0) is 79.5 Å². The molecule has 2 aliphatic carbocycles. The number of carbonyl (C=O) groups is 2. The Morgan fingerprint density at radius 1 is 1.00 bits per heavy atom. The van der Waals surface area contributed by atoms with Gasteiger partial charge in [-0.15, -0.1) is 0 Å². The first-order valence-electron chi connectivity index (χ1n) is 12.8. The highest BCUT2D eigenvalue weighted by molar-refractivity contribution is 7.80. The molecule has 1 fully saturated rings. The Bertz CT molecular complexity index is 886. The Morgan fingerprint density at radius 3 is 2.47 bits per heavy atom. The first kappa shape index (κ1) is 26.4. The molecular weight excluding hydrogens is 446 g/mol. The zero-order chi connectivity index (χ0) is 24.3. The lowest BCUT2D eigenvalue weighted by Gasteiger charge is -2.22. The molecule has 34 heavy (non-hydrogen) atoms. The van der Waals surface area contributed by atoms with Gasteiger partial charge in [-0.25, -0.2) is 0 Å². The number of hydrogen-bond acceptors (Lipinski definition) is 5. The van der Waals surface area contributed by atoms with Crippen LogP contribution in [-0.2, 0) is 9.59 Å². The van der Waals surface area contributed by atoms with Crippen LogP contribution in [0.5, 0.6) is 11.5 Å². The number of methoxy groups -OCH3 is 2. The quantitative estimate of drug-likeness (QED) is 0.367. The predicted octanol–water partition coefficient (Wildman–Crippen LogP) is 6.23. The van der Waals surface area contributed by atoms with Gasteiger partial charge < -0.3 is 14.8 Å². The first-order valence-corrected chi connectivity index (χ1v) is 13.2. The van der Waals surface area contributed by atoms with Crippen molar-refractivity contribution in [3.63, 3.8) is 0 Å². The molecule has 1 aromatic carbocycles. The summed E-state index contributed by atoms with van der Waals surface area (Å²) in [4.78, 5) is 26.3. The van der Waals surface area contributed by atoms with E-state index < -0.39 is 0 Å². The summed E-state index contributed by atoms with van der Waals surface area (Å²) in [6, 6.07) is 6.02. The Balaban J connectivity index is 1.68. The second-order valence-electron chi connectivity index (χ2n) is 9.55. The molecule has 186 valence electrons. The Labute approximate surface area is 209 Å². The summed E-state index contributed by atoms with van der Waals surface area (Å²) in [5.41, 5.74) is 1.87. The summed E-state index contributed by atoms with van der Waals surface area (Å²) >= 11 is 5.78. The second-order valence-corrected chi connectivity index (χ2v) is 10.1. The number of amides is 1. The van der Waals surface area contributed by atoms with Crippen molar-refractivity contribution in [2.24, 2.45) is 5.92 Å². The third-order valence-electron chi connectivity index (χ3n) is 7.09. The average molecular weight is 486 g/mol. The van der Waals surface area contributed by atoms with Gasteiger partial charge in [-0.1, -0.05) is 37.9 Å². The number of thiocarbonyl (C=S) groups is 1. The molecule has 0 bridgehead atoms. The van der Waals surface area contributed by atoms with Crippen LogP contribution in [0, 0.1) is 5.92 Å². The number of ketones is 1. The van der Waals surface area contributed by atoms with Gasteiger partial charge in [0.05, 0.1) is 14.2 Å². The Hall–Kier alpha value is -2.21. The minimum atomic E-state index is 0.122. The molecule has 0 aromatic heterocycles. The predicted molar refractivity (Wildman–Crippen MR) is 141 cm³/mol. The highest BCUT2D eigenvalue weighted by atomic mass is 32.1. The SMILES string of the molecule is COc1ccc(C2=CC(=O)CCCC(=S)C(CCC(=O)NC3CCCCCC3)CC2)c(OC)c1. The fourth-order valence-electron chi connectivity index (χ4n) is 5.08. The zero-order valence-corrected chi connectivity index (χ0v) is 21.5. The molecule has 3 rings (SSSR count). The summed E-state index contributed by atoms with van der Waals surface area (Å²) < 4.78 is 10.9. The second kappa shape index (κ2) is 13.6. The average Bonchev–Trinajstić information content (AvgIpc) is 3.11. The van der Waals surface area contributed by atoms with Gasteiger partial charge in [-0.2, -0.15) is 0 Å². The van der Waals surface area contributed by atoms with E-state index in [-0.39, 0.29) is 17.6 Å². The van der Waals surface area contributed by atoms with Gasteiger partial charge in [0.2, 0.25) is 5.91 Å². The van der Waals surface area contributed by atoms with E-state index in [0.29, 0.717) is 36.8 Å². The molecule has 2 aliphatic rings. The van der Waals surface area contributed by atoms with Crippen molar-refractivity contribution in [2.45, 2.75) is 89.5 Å². The van der Waals surface area contributed by atoms with Crippen LogP contribution in [0.25, 0.3) is 5.57 Å². The number of benzene rings is 1. The van der Waals surface area contributed by atoms with Crippen molar-refractivity contribution in [1.29, 1.82) is 0 Å². The summed E-state index contributed by atoms with van der Waals surface area (Å²) in [5.74, 6) is 1.87. The standard InChI is InChI=1S/C28H39NO4S/c1-32-24-15-16-25(26(19-24)33-2)21-13-12-20(27(34)11-7-10-23(30)18-21)14-17-28(31)29-22-8-5-3-4-6-9-22/h15-16,18-20,22H,3-14,17H2,1-2H3,(H,29,31). The molecule has 1 amide bonds. The number of allylic oxidation sites excluding steroid dienone is 2. The molecule has 1 N–H and O–H groups in total.